The molecule has 3 N–H and O–H groups in total. The van der Waals surface area contributed by atoms with E-state index in [9.17, 15) is 4.79 Å². The summed E-state index contributed by atoms with van der Waals surface area (Å²) in [6.07, 6.45) is 4.01. The molecule has 32 heavy (non-hydrogen) atoms. The lowest BCUT2D eigenvalue weighted by Gasteiger charge is -2.38. The SMILES string of the molecule is CCNC(=NCCCCN1CCC(C(N)=O)CC1)N1CCN(c2ccccc2Cl)CC1.I. The lowest BCUT2D eigenvalue weighted by atomic mass is 9.96. The van der Waals surface area contributed by atoms with Gasteiger partial charge in [0.15, 0.2) is 5.96 Å². The minimum atomic E-state index is -0.141. The first kappa shape index (κ1) is 27.0. The monoisotopic (exact) mass is 576 g/mol. The van der Waals surface area contributed by atoms with Crippen LogP contribution in [0.1, 0.15) is 32.6 Å². The van der Waals surface area contributed by atoms with Crippen molar-refractivity contribution in [3.63, 3.8) is 0 Å². The molecule has 0 saturated carbocycles. The number of carbonyl (C=O) groups is 1. The van der Waals surface area contributed by atoms with Gasteiger partial charge in [-0.15, -0.1) is 24.0 Å². The Morgan fingerprint density at radius 2 is 1.81 bits per heavy atom. The number of carbonyl (C=O) groups excluding carboxylic acids is 1. The van der Waals surface area contributed by atoms with E-state index in [-0.39, 0.29) is 35.8 Å². The molecule has 0 aromatic heterocycles. The number of nitrogens with two attached hydrogens (primary N) is 1. The van der Waals surface area contributed by atoms with E-state index in [2.05, 4.69) is 33.0 Å². The first-order chi connectivity index (χ1) is 15.1. The van der Waals surface area contributed by atoms with E-state index in [4.69, 9.17) is 22.3 Å². The van der Waals surface area contributed by atoms with Crippen LogP contribution in [-0.2, 0) is 4.79 Å². The number of hydrogen-bond acceptors (Lipinski definition) is 4. The number of anilines is 1. The lowest BCUT2D eigenvalue weighted by molar-refractivity contribution is -0.123. The van der Waals surface area contributed by atoms with Crippen molar-refractivity contribution in [2.75, 3.05) is 63.8 Å². The predicted octanol–water partition coefficient (Wildman–Crippen LogP) is 3.02. The highest BCUT2D eigenvalue weighted by molar-refractivity contribution is 14.0. The molecule has 0 atom stereocenters. The van der Waals surface area contributed by atoms with Gasteiger partial charge in [-0.2, -0.15) is 0 Å². The van der Waals surface area contributed by atoms with Gasteiger partial charge in [0.25, 0.3) is 0 Å². The average Bonchev–Trinajstić information content (AvgIpc) is 2.79. The van der Waals surface area contributed by atoms with Crippen LogP contribution >= 0.6 is 35.6 Å². The Kier molecular flexibility index (Phi) is 11.9. The molecule has 0 spiro atoms. The van der Waals surface area contributed by atoms with Gasteiger partial charge in [-0.05, 0) is 64.4 Å². The van der Waals surface area contributed by atoms with E-state index in [0.717, 1.165) is 101 Å². The molecule has 2 aliphatic heterocycles. The van der Waals surface area contributed by atoms with E-state index in [1.54, 1.807) is 0 Å². The van der Waals surface area contributed by atoms with Crippen molar-refractivity contribution in [3.8, 4) is 0 Å². The number of hydrogen-bond donors (Lipinski definition) is 2. The second-order valence-corrected chi connectivity index (χ2v) is 8.79. The normalized spacial score (nSPS) is 18.4. The van der Waals surface area contributed by atoms with Gasteiger partial charge >= 0.3 is 0 Å². The molecular formula is C23H38ClIN6O. The third-order valence-electron chi connectivity index (χ3n) is 6.24. The fourth-order valence-electron chi connectivity index (χ4n) is 4.37. The maximum atomic E-state index is 11.3. The molecule has 0 radical (unpaired) electrons. The quantitative estimate of drug-likeness (QED) is 0.215. The molecule has 2 fully saturated rings. The van der Waals surface area contributed by atoms with E-state index in [0.29, 0.717) is 0 Å². The minimum absolute atomic E-state index is 0. The molecule has 3 rings (SSSR count). The van der Waals surface area contributed by atoms with Crippen LogP contribution in [0.2, 0.25) is 5.02 Å². The third-order valence-corrected chi connectivity index (χ3v) is 6.56. The fourth-order valence-corrected chi connectivity index (χ4v) is 4.62. The molecule has 2 saturated heterocycles. The number of guanidine groups is 1. The van der Waals surface area contributed by atoms with E-state index < -0.39 is 0 Å². The van der Waals surface area contributed by atoms with Crippen LogP contribution in [0.5, 0.6) is 0 Å². The summed E-state index contributed by atoms with van der Waals surface area (Å²) in [6.45, 7) is 10.6. The van der Waals surface area contributed by atoms with Crippen molar-refractivity contribution in [1.82, 2.24) is 15.1 Å². The topological polar surface area (TPSA) is 77.2 Å². The molecule has 1 amide bonds. The molecule has 0 unspecified atom stereocenters. The molecule has 2 aliphatic rings. The Balaban J connectivity index is 0.00000363. The van der Waals surface area contributed by atoms with Crippen molar-refractivity contribution in [2.45, 2.75) is 32.6 Å². The molecule has 0 aliphatic carbocycles. The summed E-state index contributed by atoms with van der Waals surface area (Å²) in [6, 6.07) is 8.06. The highest BCUT2D eigenvalue weighted by atomic mass is 127. The summed E-state index contributed by atoms with van der Waals surface area (Å²) in [4.78, 5) is 23.3. The number of likely N-dealkylation sites (tertiary alicyclic amines) is 1. The largest absolute Gasteiger partial charge is 0.369 e. The number of benzene rings is 1. The number of piperazine rings is 1. The van der Waals surface area contributed by atoms with Crippen molar-refractivity contribution in [1.29, 1.82) is 0 Å². The van der Waals surface area contributed by atoms with Crippen LogP contribution in [0.25, 0.3) is 0 Å². The van der Waals surface area contributed by atoms with Gasteiger partial charge in [-0.1, -0.05) is 23.7 Å². The van der Waals surface area contributed by atoms with E-state index >= 15 is 0 Å². The number of rotatable bonds is 8. The predicted molar refractivity (Wildman–Crippen MR) is 144 cm³/mol. The maximum Gasteiger partial charge on any atom is 0.220 e. The van der Waals surface area contributed by atoms with Gasteiger partial charge in [0, 0.05) is 45.2 Å². The minimum Gasteiger partial charge on any atom is -0.369 e. The summed E-state index contributed by atoms with van der Waals surface area (Å²) in [5, 5.41) is 4.27. The van der Waals surface area contributed by atoms with Gasteiger partial charge in [-0.3, -0.25) is 9.79 Å². The number of halogens is 2. The van der Waals surface area contributed by atoms with Crippen molar-refractivity contribution < 1.29 is 4.79 Å². The highest BCUT2D eigenvalue weighted by Gasteiger charge is 2.23. The summed E-state index contributed by atoms with van der Waals surface area (Å²) in [5.74, 6) is 0.947. The summed E-state index contributed by atoms with van der Waals surface area (Å²) in [7, 11) is 0. The smallest absolute Gasteiger partial charge is 0.220 e. The standard InChI is InChI=1S/C23H37ClN6O.HI/c1-2-26-23(27-11-5-6-12-28-13-9-19(10-14-28)22(25)31)30-17-15-29(16-18-30)21-8-4-3-7-20(21)24;/h3-4,7-8,19H,2,5-6,9-18H2,1H3,(H2,25,31)(H,26,27);1H. The van der Waals surface area contributed by atoms with Gasteiger partial charge in [0.05, 0.1) is 10.7 Å². The molecule has 7 nitrogen and oxygen atoms in total. The average molecular weight is 577 g/mol. The van der Waals surface area contributed by atoms with Crippen molar-refractivity contribution in [3.05, 3.63) is 29.3 Å². The number of aliphatic imine (C=N–C) groups is 1. The zero-order valence-electron chi connectivity index (χ0n) is 19.1. The van der Waals surface area contributed by atoms with Gasteiger partial charge in [0.2, 0.25) is 5.91 Å². The zero-order valence-corrected chi connectivity index (χ0v) is 22.2. The molecule has 2 heterocycles. The summed E-state index contributed by atoms with van der Waals surface area (Å²) < 4.78 is 0. The molecule has 180 valence electrons. The summed E-state index contributed by atoms with van der Waals surface area (Å²) in [5.41, 5.74) is 6.54. The second-order valence-electron chi connectivity index (χ2n) is 8.39. The number of primary amides is 1. The van der Waals surface area contributed by atoms with Crippen LogP contribution in [0, 0.1) is 5.92 Å². The number of unbranched alkanes of at least 4 members (excludes halogenated alkanes) is 1. The Hall–Kier alpha value is -1.26. The van der Waals surface area contributed by atoms with Crippen molar-refractivity contribution >= 4 is 53.1 Å². The number of nitrogens with one attached hydrogen (secondary N) is 1. The van der Waals surface area contributed by atoms with Gasteiger partial charge in [-0.25, -0.2) is 0 Å². The maximum absolute atomic E-state index is 11.3. The lowest BCUT2D eigenvalue weighted by Crippen LogP contribution is -2.52. The van der Waals surface area contributed by atoms with E-state index in [1.807, 2.05) is 18.2 Å². The highest BCUT2D eigenvalue weighted by Crippen LogP contribution is 2.26. The first-order valence-corrected chi connectivity index (χ1v) is 12.0. The summed E-state index contributed by atoms with van der Waals surface area (Å²) >= 11 is 6.37. The Bertz CT molecular complexity index is 733. The molecule has 0 bridgehead atoms. The van der Waals surface area contributed by atoms with Crippen LogP contribution in [0.3, 0.4) is 0 Å². The number of nitrogens with zero attached hydrogens (tertiary/aromatic N) is 4. The molecule has 1 aromatic rings. The van der Waals surface area contributed by atoms with Crippen molar-refractivity contribution in [2.24, 2.45) is 16.6 Å². The van der Waals surface area contributed by atoms with Gasteiger partial charge in [0.1, 0.15) is 0 Å². The second kappa shape index (κ2) is 14.1. The molecular weight excluding hydrogens is 539 g/mol. The van der Waals surface area contributed by atoms with E-state index in [1.165, 1.54) is 0 Å². The Morgan fingerprint density at radius 1 is 1.12 bits per heavy atom. The fraction of sp³-hybridized carbons (Fsp3) is 0.652. The van der Waals surface area contributed by atoms with Crippen LogP contribution in [0.4, 0.5) is 5.69 Å². The first-order valence-electron chi connectivity index (χ1n) is 11.6. The Labute approximate surface area is 214 Å². The molecule has 1 aromatic carbocycles. The molecule has 9 heteroatoms. The van der Waals surface area contributed by atoms with Crippen LogP contribution in [0.15, 0.2) is 29.3 Å². The number of amides is 1. The van der Waals surface area contributed by atoms with Gasteiger partial charge < -0.3 is 25.8 Å². The number of piperidine rings is 1. The Morgan fingerprint density at radius 3 is 2.44 bits per heavy atom. The third kappa shape index (κ3) is 7.95. The van der Waals surface area contributed by atoms with Crippen LogP contribution < -0.4 is 16.0 Å². The zero-order chi connectivity index (χ0) is 22.1. The number of para-hydroxylation sites is 1. The van der Waals surface area contributed by atoms with Crippen LogP contribution in [-0.4, -0.2) is 80.6 Å².